The number of fused-ring (bicyclic) bond motifs is 1. The highest BCUT2D eigenvalue weighted by atomic mass is 16.2. The van der Waals surface area contributed by atoms with Gasteiger partial charge >= 0.3 is 0 Å². The Hall–Kier alpha value is -4.21. The van der Waals surface area contributed by atoms with Gasteiger partial charge in [-0.15, -0.1) is 0 Å². The summed E-state index contributed by atoms with van der Waals surface area (Å²) >= 11 is 0. The number of aryl methyl sites for hydroxylation is 1. The molecule has 0 saturated carbocycles. The first-order chi connectivity index (χ1) is 16.4. The van der Waals surface area contributed by atoms with Gasteiger partial charge in [-0.2, -0.15) is 5.26 Å². The fourth-order valence-corrected chi connectivity index (χ4v) is 3.90. The highest BCUT2D eigenvalue weighted by Gasteiger charge is 2.13. The molecule has 0 radical (unpaired) electrons. The molecule has 0 fully saturated rings. The predicted octanol–water partition coefficient (Wildman–Crippen LogP) is 4.86. The number of hydrogen-bond acceptors (Lipinski definition) is 4. The van der Waals surface area contributed by atoms with Gasteiger partial charge in [0.2, 0.25) is 5.91 Å². The lowest BCUT2D eigenvalue weighted by molar-refractivity contribution is -0.113. The molecule has 34 heavy (non-hydrogen) atoms. The minimum atomic E-state index is -0.0738. The van der Waals surface area contributed by atoms with Gasteiger partial charge in [-0.3, -0.25) is 4.79 Å². The molecule has 2 aromatic heterocycles. The van der Waals surface area contributed by atoms with Crippen LogP contribution in [0.25, 0.3) is 33.3 Å². The Balaban J connectivity index is 1.70. The standard InChI is InChI=1S/C28H27N5O/c1-31(2)13-7-12-27(34)33(4)24-11-6-9-21(15-24)23-16-25-26(19-32(3)28(25)30-18-23)22-10-5-8-20(14-22)17-29/h5-12,14-16,18-19H,13H2,1-4H3/b12-7+. The number of aromatic nitrogens is 2. The lowest BCUT2D eigenvalue weighted by Crippen LogP contribution is -2.24. The maximum atomic E-state index is 12.6. The molecule has 0 bridgehead atoms. The smallest absolute Gasteiger partial charge is 0.250 e. The van der Waals surface area contributed by atoms with Crippen LogP contribution in [0.4, 0.5) is 5.69 Å². The number of carbonyl (C=O) groups excluding carboxylic acids is 1. The van der Waals surface area contributed by atoms with E-state index in [1.54, 1.807) is 24.1 Å². The molecule has 0 saturated heterocycles. The van der Waals surface area contributed by atoms with Crippen molar-refractivity contribution in [3.8, 4) is 28.3 Å². The monoisotopic (exact) mass is 449 g/mol. The first kappa shape index (κ1) is 23.0. The predicted molar refractivity (Wildman–Crippen MR) is 137 cm³/mol. The summed E-state index contributed by atoms with van der Waals surface area (Å²) in [6.07, 6.45) is 7.36. The van der Waals surface area contributed by atoms with Crippen molar-refractivity contribution in [1.29, 1.82) is 5.26 Å². The summed E-state index contributed by atoms with van der Waals surface area (Å²) in [6, 6.07) is 19.8. The molecule has 2 aromatic carbocycles. The van der Waals surface area contributed by atoms with Crippen molar-refractivity contribution >= 4 is 22.6 Å². The first-order valence-electron chi connectivity index (χ1n) is 11.0. The number of rotatable bonds is 6. The number of pyridine rings is 1. The van der Waals surface area contributed by atoms with Gasteiger partial charge < -0.3 is 14.4 Å². The van der Waals surface area contributed by atoms with Crippen molar-refractivity contribution in [3.05, 3.63) is 84.7 Å². The topological polar surface area (TPSA) is 65.2 Å². The maximum absolute atomic E-state index is 12.6. The Morgan fingerprint density at radius 3 is 2.59 bits per heavy atom. The molecule has 0 spiro atoms. The van der Waals surface area contributed by atoms with Crippen LogP contribution in [0.15, 0.2) is 79.1 Å². The van der Waals surface area contributed by atoms with Gasteiger partial charge in [-0.05, 0) is 55.6 Å². The van der Waals surface area contributed by atoms with Gasteiger partial charge in [-0.25, -0.2) is 4.98 Å². The fraction of sp³-hybridized carbons (Fsp3) is 0.179. The SMILES string of the molecule is CN(C)C/C=C/C(=O)N(C)c1cccc(-c2cnc3c(c2)c(-c2cccc(C#N)c2)cn3C)c1. The van der Waals surface area contributed by atoms with Gasteiger partial charge in [0.15, 0.2) is 0 Å². The molecular weight excluding hydrogens is 422 g/mol. The van der Waals surface area contributed by atoms with Crippen LogP contribution in [0.2, 0.25) is 0 Å². The van der Waals surface area contributed by atoms with E-state index in [-0.39, 0.29) is 5.91 Å². The Morgan fingerprint density at radius 1 is 1.06 bits per heavy atom. The number of nitriles is 1. The second kappa shape index (κ2) is 9.74. The molecule has 0 aliphatic heterocycles. The van der Waals surface area contributed by atoms with Gasteiger partial charge in [0.1, 0.15) is 5.65 Å². The summed E-state index contributed by atoms with van der Waals surface area (Å²) in [5, 5.41) is 10.3. The molecule has 0 N–H and O–H groups in total. The molecule has 4 rings (SSSR count). The van der Waals surface area contributed by atoms with Crippen LogP contribution < -0.4 is 4.90 Å². The summed E-state index contributed by atoms with van der Waals surface area (Å²) in [5.41, 5.74) is 6.25. The molecule has 6 nitrogen and oxygen atoms in total. The fourth-order valence-electron chi connectivity index (χ4n) is 3.90. The van der Waals surface area contributed by atoms with E-state index < -0.39 is 0 Å². The maximum Gasteiger partial charge on any atom is 0.250 e. The van der Waals surface area contributed by atoms with Crippen LogP contribution in [-0.2, 0) is 11.8 Å². The van der Waals surface area contributed by atoms with E-state index in [0.717, 1.165) is 39.0 Å². The highest BCUT2D eigenvalue weighted by molar-refractivity contribution is 6.01. The second-order valence-corrected chi connectivity index (χ2v) is 8.55. The molecule has 0 atom stereocenters. The summed E-state index contributed by atoms with van der Waals surface area (Å²) in [6.45, 7) is 0.710. The Bertz CT molecular complexity index is 1420. The number of nitrogens with zero attached hydrogens (tertiary/aromatic N) is 5. The normalized spacial score (nSPS) is 11.3. The number of hydrogen-bond donors (Lipinski definition) is 0. The van der Waals surface area contributed by atoms with E-state index >= 15 is 0 Å². The Kier molecular flexibility index (Phi) is 6.58. The quantitative estimate of drug-likeness (QED) is 0.394. The Labute approximate surface area is 200 Å². The van der Waals surface area contributed by atoms with E-state index in [2.05, 4.69) is 12.1 Å². The molecular formula is C28H27N5O. The number of amides is 1. The number of benzene rings is 2. The third-order valence-electron chi connectivity index (χ3n) is 5.74. The first-order valence-corrected chi connectivity index (χ1v) is 11.0. The Morgan fingerprint density at radius 2 is 1.82 bits per heavy atom. The van der Waals surface area contributed by atoms with Crippen molar-refractivity contribution in [1.82, 2.24) is 14.5 Å². The number of carbonyl (C=O) groups is 1. The third-order valence-corrected chi connectivity index (χ3v) is 5.74. The van der Waals surface area contributed by atoms with E-state index in [1.807, 2.05) is 91.5 Å². The summed E-state index contributed by atoms with van der Waals surface area (Å²) in [5.74, 6) is -0.0738. The lowest BCUT2D eigenvalue weighted by Gasteiger charge is -2.16. The van der Waals surface area contributed by atoms with Gasteiger partial charge in [0.25, 0.3) is 0 Å². The van der Waals surface area contributed by atoms with Crippen molar-refractivity contribution in [2.75, 3.05) is 32.6 Å². The van der Waals surface area contributed by atoms with Crippen LogP contribution in [0.3, 0.4) is 0 Å². The van der Waals surface area contributed by atoms with Crippen LogP contribution in [0, 0.1) is 11.3 Å². The van der Waals surface area contributed by atoms with Crippen LogP contribution in [0.5, 0.6) is 0 Å². The summed E-state index contributed by atoms with van der Waals surface area (Å²) in [4.78, 5) is 20.9. The lowest BCUT2D eigenvalue weighted by atomic mass is 10.0. The zero-order valence-electron chi connectivity index (χ0n) is 19.9. The molecule has 2 heterocycles. The van der Waals surface area contributed by atoms with Crippen molar-refractivity contribution in [3.63, 3.8) is 0 Å². The van der Waals surface area contributed by atoms with Crippen LogP contribution >= 0.6 is 0 Å². The minimum absolute atomic E-state index is 0.0738. The van der Waals surface area contributed by atoms with Crippen LogP contribution in [0.1, 0.15) is 5.56 Å². The summed E-state index contributed by atoms with van der Waals surface area (Å²) < 4.78 is 2.00. The van der Waals surface area contributed by atoms with Crippen molar-refractivity contribution < 1.29 is 4.79 Å². The van der Waals surface area contributed by atoms with Crippen LogP contribution in [-0.4, -0.2) is 48.0 Å². The van der Waals surface area contributed by atoms with Crippen molar-refractivity contribution in [2.24, 2.45) is 7.05 Å². The van der Waals surface area contributed by atoms with E-state index in [0.29, 0.717) is 12.1 Å². The average Bonchev–Trinajstić information content (AvgIpc) is 3.19. The molecule has 4 aromatic rings. The van der Waals surface area contributed by atoms with E-state index in [9.17, 15) is 10.1 Å². The van der Waals surface area contributed by atoms with Crippen molar-refractivity contribution in [2.45, 2.75) is 0 Å². The number of likely N-dealkylation sites (N-methyl/N-ethyl adjacent to an activating group) is 2. The van der Waals surface area contributed by atoms with Gasteiger partial charge in [0.05, 0.1) is 11.6 Å². The summed E-state index contributed by atoms with van der Waals surface area (Å²) in [7, 11) is 7.68. The second-order valence-electron chi connectivity index (χ2n) is 8.55. The molecule has 6 heteroatoms. The molecule has 0 unspecified atom stereocenters. The minimum Gasteiger partial charge on any atom is -0.335 e. The van der Waals surface area contributed by atoms with E-state index in [4.69, 9.17) is 4.98 Å². The zero-order valence-corrected chi connectivity index (χ0v) is 19.9. The highest BCUT2D eigenvalue weighted by Crippen LogP contribution is 2.33. The molecule has 170 valence electrons. The zero-order chi connectivity index (χ0) is 24.2. The third kappa shape index (κ3) is 4.75. The molecule has 0 aliphatic rings. The van der Waals surface area contributed by atoms with Gasteiger partial charge in [0, 0.05) is 61.3 Å². The molecule has 1 amide bonds. The average molecular weight is 450 g/mol. The molecule has 0 aliphatic carbocycles. The van der Waals surface area contributed by atoms with E-state index in [1.165, 1.54) is 0 Å². The number of anilines is 1. The van der Waals surface area contributed by atoms with Gasteiger partial charge in [-0.1, -0.05) is 30.3 Å². The largest absolute Gasteiger partial charge is 0.335 e.